The Balaban J connectivity index is 1.63. The van der Waals surface area contributed by atoms with E-state index in [0.29, 0.717) is 0 Å². The number of pyridine rings is 1. The van der Waals surface area contributed by atoms with E-state index in [4.69, 9.17) is 4.74 Å². The normalized spacial score (nSPS) is 16.7. The van der Waals surface area contributed by atoms with Crippen LogP contribution in [-0.4, -0.2) is 48.6 Å². The van der Waals surface area contributed by atoms with Crippen LogP contribution >= 0.6 is 0 Å². The van der Waals surface area contributed by atoms with Gasteiger partial charge in [0.15, 0.2) is 6.29 Å². The van der Waals surface area contributed by atoms with Gasteiger partial charge in [-0.1, -0.05) is 12.1 Å². The number of hydrogen-bond donors (Lipinski definition) is 0. The topological polar surface area (TPSA) is 45.7 Å². The predicted octanol–water partition coefficient (Wildman–Crippen LogP) is 2.42. The van der Waals surface area contributed by atoms with Crippen LogP contribution in [0.1, 0.15) is 11.1 Å². The Bertz CT molecular complexity index is 682. The molecule has 0 radical (unpaired) electrons. The van der Waals surface area contributed by atoms with Gasteiger partial charge in [-0.15, -0.1) is 0 Å². The summed E-state index contributed by atoms with van der Waals surface area (Å²) in [4.78, 5) is 20.0. The van der Waals surface area contributed by atoms with E-state index in [1.54, 1.807) is 12.4 Å². The molecule has 0 saturated carbocycles. The lowest BCUT2D eigenvalue weighted by molar-refractivity contribution is -0.121. The molecule has 0 aliphatic carbocycles. The fourth-order valence-corrected chi connectivity index (χ4v) is 2.96. The zero-order valence-electron chi connectivity index (χ0n) is 14.2. The maximum atomic E-state index is 11.6. The van der Waals surface area contributed by atoms with E-state index in [2.05, 4.69) is 14.8 Å². The lowest BCUT2D eigenvalue weighted by Gasteiger charge is -2.38. The average Bonchev–Trinajstić information content (AvgIpc) is 2.64. The summed E-state index contributed by atoms with van der Waals surface area (Å²) in [5.41, 5.74) is 3.42. The molecule has 3 rings (SSSR count). The number of aryl methyl sites for hydroxylation is 1. The Labute approximate surface area is 142 Å². The van der Waals surface area contributed by atoms with E-state index >= 15 is 0 Å². The molecular weight excluding hydrogens is 302 g/mol. The van der Waals surface area contributed by atoms with Gasteiger partial charge in [-0.25, -0.2) is 0 Å². The van der Waals surface area contributed by atoms with Crippen molar-refractivity contribution in [1.29, 1.82) is 0 Å². The van der Waals surface area contributed by atoms with Crippen LogP contribution in [0.3, 0.4) is 0 Å². The SMILES string of the molecule is Cc1cccc(OC(C=O)N2CCN(c3ccncc3)CC2)c1C. The molecule has 1 saturated heterocycles. The highest BCUT2D eigenvalue weighted by Gasteiger charge is 2.25. The highest BCUT2D eigenvalue weighted by molar-refractivity contribution is 5.57. The van der Waals surface area contributed by atoms with Gasteiger partial charge < -0.3 is 9.64 Å². The lowest BCUT2D eigenvalue weighted by atomic mass is 10.1. The van der Waals surface area contributed by atoms with Crippen molar-refractivity contribution in [2.45, 2.75) is 20.1 Å². The molecule has 24 heavy (non-hydrogen) atoms. The molecule has 1 fully saturated rings. The van der Waals surface area contributed by atoms with Crippen LogP contribution in [0.4, 0.5) is 5.69 Å². The molecule has 1 aromatic heterocycles. The summed E-state index contributed by atoms with van der Waals surface area (Å²) in [5, 5.41) is 0. The Morgan fingerprint density at radius 1 is 1.08 bits per heavy atom. The fraction of sp³-hybridized carbons (Fsp3) is 0.368. The number of benzene rings is 1. The molecule has 1 aromatic carbocycles. The Kier molecular flexibility index (Phi) is 5.11. The second-order valence-corrected chi connectivity index (χ2v) is 6.07. The number of ether oxygens (including phenoxy) is 1. The molecule has 0 N–H and O–H groups in total. The predicted molar refractivity (Wildman–Crippen MR) is 94.4 cm³/mol. The quantitative estimate of drug-likeness (QED) is 0.790. The first kappa shape index (κ1) is 16.5. The second kappa shape index (κ2) is 7.45. The van der Waals surface area contributed by atoms with Gasteiger partial charge in [0, 0.05) is 44.3 Å². The van der Waals surface area contributed by atoms with Crippen molar-refractivity contribution >= 4 is 12.0 Å². The van der Waals surface area contributed by atoms with Crippen molar-refractivity contribution < 1.29 is 9.53 Å². The van der Waals surface area contributed by atoms with Gasteiger partial charge in [-0.2, -0.15) is 0 Å². The molecular formula is C19H23N3O2. The molecule has 5 heteroatoms. The van der Waals surface area contributed by atoms with Crippen molar-refractivity contribution in [2.75, 3.05) is 31.1 Å². The fourth-order valence-electron chi connectivity index (χ4n) is 2.96. The van der Waals surface area contributed by atoms with Crippen LogP contribution in [0.2, 0.25) is 0 Å². The van der Waals surface area contributed by atoms with Gasteiger partial charge in [0.2, 0.25) is 6.23 Å². The maximum Gasteiger partial charge on any atom is 0.209 e. The third-order valence-corrected chi connectivity index (χ3v) is 4.62. The molecule has 1 unspecified atom stereocenters. The summed E-state index contributed by atoms with van der Waals surface area (Å²) >= 11 is 0. The molecule has 2 heterocycles. The van der Waals surface area contributed by atoms with E-state index in [0.717, 1.165) is 43.8 Å². The first-order valence-electron chi connectivity index (χ1n) is 8.26. The van der Waals surface area contributed by atoms with E-state index < -0.39 is 6.23 Å². The Hall–Kier alpha value is -2.40. The first-order valence-corrected chi connectivity index (χ1v) is 8.26. The minimum Gasteiger partial charge on any atom is -0.468 e. The summed E-state index contributed by atoms with van der Waals surface area (Å²) in [6.07, 6.45) is 3.97. The van der Waals surface area contributed by atoms with Gasteiger partial charge in [0.25, 0.3) is 0 Å². The second-order valence-electron chi connectivity index (χ2n) is 6.07. The van der Waals surface area contributed by atoms with Crippen molar-refractivity contribution in [1.82, 2.24) is 9.88 Å². The number of rotatable bonds is 5. The van der Waals surface area contributed by atoms with E-state index in [9.17, 15) is 4.79 Å². The monoisotopic (exact) mass is 325 g/mol. The van der Waals surface area contributed by atoms with Gasteiger partial charge in [-0.05, 0) is 43.2 Å². The van der Waals surface area contributed by atoms with Crippen LogP contribution in [0, 0.1) is 13.8 Å². The van der Waals surface area contributed by atoms with Crippen molar-refractivity contribution in [3.05, 3.63) is 53.9 Å². The molecule has 0 amide bonds. The highest BCUT2D eigenvalue weighted by atomic mass is 16.5. The number of carbonyl (C=O) groups is 1. The summed E-state index contributed by atoms with van der Waals surface area (Å²) in [6, 6.07) is 9.96. The average molecular weight is 325 g/mol. The minimum absolute atomic E-state index is 0.537. The molecule has 5 nitrogen and oxygen atoms in total. The van der Waals surface area contributed by atoms with E-state index in [-0.39, 0.29) is 0 Å². The van der Waals surface area contributed by atoms with Crippen molar-refractivity contribution in [3.8, 4) is 5.75 Å². The Morgan fingerprint density at radius 2 is 1.79 bits per heavy atom. The van der Waals surface area contributed by atoms with Crippen LogP contribution in [0.5, 0.6) is 5.75 Å². The summed E-state index contributed by atoms with van der Waals surface area (Å²) in [7, 11) is 0. The lowest BCUT2D eigenvalue weighted by Crippen LogP contribution is -2.52. The molecule has 1 atom stereocenters. The minimum atomic E-state index is -0.537. The van der Waals surface area contributed by atoms with Crippen molar-refractivity contribution in [2.24, 2.45) is 0 Å². The maximum absolute atomic E-state index is 11.6. The van der Waals surface area contributed by atoms with Gasteiger partial charge in [0.05, 0.1) is 0 Å². The zero-order valence-corrected chi connectivity index (χ0v) is 14.2. The van der Waals surface area contributed by atoms with Gasteiger partial charge >= 0.3 is 0 Å². The van der Waals surface area contributed by atoms with Gasteiger partial charge in [-0.3, -0.25) is 14.7 Å². The number of aromatic nitrogens is 1. The highest BCUT2D eigenvalue weighted by Crippen LogP contribution is 2.23. The first-order chi connectivity index (χ1) is 11.7. The summed E-state index contributed by atoms with van der Waals surface area (Å²) in [6.45, 7) is 7.38. The number of carbonyl (C=O) groups excluding carboxylic acids is 1. The zero-order chi connectivity index (χ0) is 16.9. The summed E-state index contributed by atoms with van der Waals surface area (Å²) in [5.74, 6) is 0.781. The number of piperazine rings is 1. The molecule has 126 valence electrons. The third kappa shape index (κ3) is 3.57. The van der Waals surface area contributed by atoms with Crippen LogP contribution in [0.15, 0.2) is 42.7 Å². The number of aldehydes is 1. The molecule has 1 aliphatic rings. The smallest absolute Gasteiger partial charge is 0.209 e. The largest absolute Gasteiger partial charge is 0.468 e. The molecule has 0 bridgehead atoms. The van der Waals surface area contributed by atoms with E-state index in [1.807, 2.05) is 44.2 Å². The number of anilines is 1. The van der Waals surface area contributed by atoms with Crippen LogP contribution in [-0.2, 0) is 4.79 Å². The standard InChI is InChI=1S/C19H23N3O2/c1-15-4-3-5-18(16(15)2)24-19(14-23)22-12-10-21(11-13-22)17-6-8-20-9-7-17/h3-9,14,19H,10-13H2,1-2H3. The Morgan fingerprint density at radius 3 is 2.46 bits per heavy atom. The number of nitrogens with zero attached hydrogens (tertiary/aromatic N) is 3. The molecule has 0 spiro atoms. The molecule has 1 aliphatic heterocycles. The molecule has 2 aromatic rings. The van der Waals surface area contributed by atoms with E-state index in [1.165, 1.54) is 11.3 Å². The number of hydrogen-bond acceptors (Lipinski definition) is 5. The van der Waals surface area contributed by atoms with Crippen LogP contribution in [0.25, 0.3) is 0 Å². The van der Waals surface area contributed by atoms with Crippen LogP contribution < -0.4 is 9.64 Å². The van der Waals surface area contributed by atoms with Gasteiger partial charge in [0.1, 0.15) is 5.75 Å². The third-order valence-electron chi connectivity index (χ3n) is 4.62. The van der Waals surface area contributed by atoms with Crippen molar-refractivity contribution in [3.63, 3.8) is 0 Å². The summed E-state index contributed by atoms with van der Waals surface area (Å²) < 4.78 is 5.99.